The number of rotatable bonds is 4. The Kier molecular flexibility index (Phi) is 3.20. The molecule has 0 N–H and O–H groups in total. The summed E-state index contributed by atoms with van der Waals surface area (Å²) in [4.78, 5) is 11.7. The molecular weight excluding hydrogens is 256 g/mol. The first-order chi connectivity index (χ1) is 9.74. The van der Waals surface area contributed by atoms with Gasteiger partial charge >= 0.3 is 5.97 Å². The minimum atomic E-state index is -0.366. The van der Waals surface area contributed by atoms with Crippen LogP contribution in [0.15, 0.2) is 42.9 Å². The molecule has 0 aliphatic carbocycles. The number of esters is 1. The topological polar surface area (TPSA) is 61.9 Å². The van der Waals surface area contributed by atoms with E-state index in [2.05, 4.69) is 10.2 Å². The number of fused-ring (bicyclic) bond motifs is 1. The van der Waals surface area contributed by atoms with Crippen LogP contribution in [0.2, 0.25) is 0 Å². The van der Waals surface area contributed by atoms with Gasteiger partial charge in [0.15, 0.2) is 0 Å². The summed E-state index contributed by atoms with van der Waals surface area (Å²) in [6, 6.07) is 7.92. The lowest BCUT2D eigenvalue weighted by Gasteiger charge is -2.04. The van der Waals surface area contributed by atoms with Gasteiger partial charge in [-0.15, -0.1) is 0 Å². The van der Waals surface area contributed by atoms with Gasteiger partial charge in [0, 0.05) is 18.6 Å². The molecule has 3 rings (SSSR count). The maximum Gasteiger partial charge on any atom is 0.341 e. The normalized spacial score (nSPS) is 10.8. The lowest BCUT2D eigenvalue weighted by Crippen LogP contribution is -2.11. The van der Waals surface area contributed by atoms with E-state index >= 15 is 0 Å². The number of benzene rings is 1. The number of hydrogen-bond acceptors (Lipinski definition) is 4. The number of nitrogens with zero attached hydrogens (tertiary/aromatic N) is 4. The minimum absolute atomic E-state index is 0.277. The molecule has 2 aromatic heterocycles. The number of hydrogen-bond donors (Lipinski definition) is 0. The molecule has 6 heteroatoms. The van der Waals surface area contributed by atoms with E-state index in [1.54, 1.807) is 24.1 Å². The second-order valence-corrected chi connectivity index (χ2v) is 4.47. The third-order valence-electron chi connectivity index (χ3n) is 3.03. The number of para-hydroxylation sites is 1. The van der Waals surface area contributed by atoms with Gasteiger partial charge in [-0.25, -0.2) is 4.79 Å². The quantitative estimate of drug-likeness (QED) is 0.676. The molecule has 6 nitrogen and oxygen atoms in total. The molecule has 0 radical (unpaired) electrons. The zero-order valence-corrected chi connectivity index (χ0v) is 11.1. The monoisotopic (exact) mass is 270 g/mol. The Morgan fingerprint density at radius 2 is 2.10 bits per heavy atom. The van der Waals surface area contributed by atoms with Gasteiger partial charge in [-0.3, -0.25) is 9.36 Å². The molecule has 2 heterocycles. The molecular formula is C14H14N4O2. The molecule has 0 amide bonds. The van der Waals surface area contributed by atoms with Crippen LogP contribution < -0.4 is 0 Å². The molecule has 0 atom stereocenters. The van der Waals surface area contributed by atoms with E-state index in [0.717, 1.165) is 10.9 Å². The van der Waals surface area contributed by atoms with Crippen molar-refractivity contribution in [2.24, 2.45) is 7.05 Å². The van der Waals surface area contributed by atoms with Gasteiger partial charge in [0.05, 0.1) is 30.0 Å². The van der Waals surface area contributed by atoms with Crippen molar-refractivity contribution in [3.63, 3.8) is 0 Å². The third kappa shape index (κ3) is 2.40. The highest BCUT2D eigenvalue weighted by atomic mass is 16.5. The standard InChI is InChI=1S/C14H14N4O2/c1-17-10-12(9-15-17)14(19)20-7-6-18-13-5-3-2-4-11(13)8-16-18/h2-5,8-10H,6-7H2,1H3. The average Bonchev–Trinajstić information content (AvgIpc) is 3.06. The molecule has 0 bridgehead atoms. The van der Waals surface area contributed by atoms with Crippen molar-refractivity contribution in [3.8, 4) is 0 Å². The van der Waals surface area contributed by atoms with Gasteiger partial charge in [-0.1, -0.05) is 18.2 Å². The van der Waals surface area contributed by atoms with Gasteiger partial charge < -0.3 is 4.74 Å². The summed E-state index contributed by atoms with van der Waals surface area (Å²) in [5.41, 5.74) is 1.49. The predicted molar refractivity (Wildman–Crippen MR) is 73.2 cm³/mol. The predicted octanol–water partition coefficient (Wildman–Crippen LogP) is 1.63. The van der Waals surface area contributed by atoms with Crippen molar-refractivity contribution in [3.05, 3.63) is 48.4 Å². The average molecular weight is 270 g/mol. The fourth-order valence-corrected chi connectivity index (χ4v) is 2.04. The van der Waals surface area contributed by atoms with Gasteiger partial charge in [-0.2, -0.15) is 10.2 Å². The Labute approximate surface area is 115 Å². The molecule has 3 aromatic rings. The maximum absolute atomic E-state index is 11.7. The highest BCUT2D eigenvalue weighted by Gasteiger charge is 2.09. The zero-order valence-electron chi connectivity index (χ0n) is 11.1. The summed E-state index contributed by atoms with van der Waals surface area (Å²) in [7, 11) is 1.76. The Balaban J connectivity index is 1.61. The van der Waals surface area contributed by atoms with E-state index in [1.165, 1.54) is 6.20 Å². The summed E-state index contributed by atoms with van der Waals surface area (Å²) in [6.45, 7) is 0.804. The van der Waals surface area contributed by atoms with Crippen molar-refractivity contribution in [2.75, 3.05) is 6.61 Å². The Hall–Kier alpha value is -2.63. The smallest absolute Gasteiger partial charge is 0.341 e. The van der Waals surface area contributed by atoms with E-state index in [0.29, 0.717) is 12.1 Å². The highest BCUT2D eigenvalue weighted by Crippen LogP contribution is 2.12. The van der Waals surface area contributed by atoms with Crippen LogP contribution >= 0.6 is 0 Å². The van der Waals surface area contributed by atoms with Gasteiger partial charge in [-0.05, 0) is 6.07 Å². The van der Waals surface area contributed by atoms with E-state index in [9.17, 15) is 4.79 Å². The number of carbonyl (C=O) groups excluding carboxylic acids is 1. The fraction of sp³-hybridized carbons (Fsp3) is 0.214. The van der Waals surface area contributed by atoms with Gasteiger partial charge in [0.1, 0.15) is 6.61 Å². The molecule has 0 spiro atoms. The van der Waals surface area contributed by atoms with Crippen molar-refractivity contribution in [2.45, 2.75) is 6.54 Å². The van der Waals surface area contributed by atoms with E-state index < -0.39 is 0 Å². The van der Waals surface area contributed by atoms with Crippen LogP contribution in [0.25, 0.3) is 10.9 Å². The summed E-state index contributed by atoms with van der Waals surface area (Å²) in [6.07, 6.45) is 4.93. The third-order valence-corrected chi connectivity index (χ3v) is 3.03. The molecule has 0 saturated carbocycles. The van der Waals surface area contributed by atoms with Crippen LogP contribution in [0.3, 0.4) is 0 Å². The zero-order chi connectivity index (χ0) is 13.9. The molecule has 1 aromatic carbocycles. The molecule has 0 saturated heterocycles. The first-order valence-corrected chi connectivity index (χ1v) is 6.30. The largest absolute Gasteiger partial charge is 0.460 e. The fourth-order valence-electron chi connectivity index (χ4n) is 2.04. The summed E-state index contributed by atoms with van der Waals surface area (Å²) in [5, 5.41) is 9.29. The van der Waals surface area contributed by atoms with Crippen molar-refractivity contribution >= 4 is 16.9 Å². The lowest BCUT2D eigenvalue weighted by molar-refractivity contribution is 0.0489. The van der Waals surface area contributed by atoms with Crippen LogP contribution in [-0.2, 0) is 18.3 Å². The van der Waals surface area contributed by atoms with Crippen molar-refractivity contribution in [1.82, 2.24) is 19.6 Å². The van der Waals surface area contributed by atoms with E-state index in [-0.39, 0.29) is 12.6 Å². The number of carbonyl (C=O) groups is 1. The van der Waals surface area contributed by atoms with Crippen molar-refractivity contribution in [1.29, 1.82) is 0 Å². The highest BCUT2D eigenvalue weighted by molar-refractivity contribution is 5.88. The minimum Gasteiger partial charge on any atom is -0.460 e. The molecule has 0 aliphatic heterocycles. The SMILES string of the molecule is Cn1cc(C(=O)OCCn2ncc3ccccc32)cn1. The summed E-state index contributed by atoms with van der Waals surface area (Å²) in [5.74, 6) is -0.366. The number of aromatic nitrogens is 4. The first kappa shape index (κ1) is 12.4. The molecule has 20 heavy (non-hydrogen) atoms. The van der Waals surface area contributed by atoms with Gasteiger partial charge in [0.2, 0.25) is 0 Å². The van der Waals surface area contributed by atoms with Gasteiger partial charge in [0.25, 0.3) is 0 Å². The second-order valence-electron chi connectivity index (χ2n) is 4.47. The van der Waals surface area contributed by atoms with Crippen molar-refractivity contribution < 1.29 is 9.53 Å². The number of aryl methyl sites for hydroxylation is 1. The lowest BCUT2D eigenvalue weighted by atomic mass is 10.3. The van der Waals surface area contributed by atoms with E-state index in [1.807, 2.05) is 28.9 Å². The Bertz CT molecular complexity index is 744. The Morgan fingerprint density at radius 1 is 1.25 bits per heavy atom. The Morgan fingerprint density at radius 3 is 2.90 bits per heavy atom. The van der Waals surface area contributed by atoms with Crippen LogP contribution in [0, 0.1) is 0 Å². The van der Waals surface area contributed by atoms with Crippen LogP contribution in [0.5, 0.6) is 0 Å². The summed E-state index contributed by atoms with van der Waals surface area (Å²) >= 11 is 0. The molecule has 102 valence electrons. The van der Waals surface area contributed by atoms with E-state index in [4.69, 9.17) is 4.74 Å². The summed E-state index contributed by atoms with van der Waals surface area (Å²) < 4.78 is 8.60. The van der Waals surface area contributed by atoms with Crippen LogP contribution in [0.1, 0.15) is 10.4 Å². The molecule has 0 aliphatic rings. The molecule has 0 unspecified atom stereocenters. The molecule has 0 fully saturated rings. The maximum atomic E-state index is 11.7. The van der Waals surface area contributed by atoms with Crippen LogP contribution in [-0.4, -0.2) is 32.1 Å². The van der Waals surface area contributed by atoms with Crippen LogP contribution in [0.4, 0.5) is 0 Å². The second kappa shape index (κ2) is 5.16. The number of ether oxygens (including phenoxy) is 1. The first-order valence-electron chi connectivity index (χ1n) is 6.30.